The van der Waals surface area contributed by atoms with Crippen molar-refractivity contribution in [3.63, 3.8) is 0 Å². The van der Waals surface area contributed by atoms with Crippen LogP contribution >= 0.6 is 0 Å². The van der Waals surface area contributed by atoms with E-state index in [2.05, 4.69) is 24.0 Å². The Bertz CT molecular complexity index is 975. The number of nitrogens with zero attached hydrogens (tertiary/aromatic N) is 4. The van der Waals surface area contributed by atoms with Crippen LogP contribution < -0.4 is 0 Å². The highest BCUT2D eigenvalue weighted by Gasteiger charge is 2.36. The maximum Gasteiger partial charge on any atom is 0.243 e. The van der Waals surface area contributed by atoms with E-state index < -0.39 is 15.8 Å². The Kier molecular flexibility index (Phi) is 6.87. The third-order valence-corrected chi connectivity index (χ3v) is 6.97. The Morgan fingerprint density at radius 1 is 1.33 bits per heavy atom. The smallest absolute Gasteiger partial charge is 0.243 e. The molecule has 0 aliphatic carbocycles. The molecule has 1 aromatic heterocycles. The summed E-state index contributed by atoms with van der Waals surface area (Å²) in [5, 5.41) is 3.97. The summed E-state index contributed by atoms with van der Waals surface area (Å²) in [5.41, 5.74) is 0. The zero-order chi connectivity index (χ0) is 21.9. The molecule has 1 atom stereocenters. The number of rotatable bonds is 8. The Labute approximate surface area is 176 Å². The first-order valence-electron chi connectivity index (χ1n) is 10.0. The van der Waals surface area contributed by atoms with Crippen molar-refractivity contribution in [1.82, 2.24) is 19.3 Å². The van der Waals surface area contributed by atoms with Gasteiger partial charge in [-0.05, 0) is 36.6 Å². The van der Waals surface area contributed by atoms with Gasteiger partial charge in [-0.15, -0.1) is 0 Å². The highest BCUT2D eigenvalue weighted by atomic mass is 32.2. The molecule has 0 N–H and O–H groups in total. The SMILES string of the molecule is CC(=O)N(CCc1noc(CC(C)C)n1)C1CCN(S(=O)(=O)c2ccc(F)cc2)C1. The average Bonchev–Trinajstić information content (AvgIpc) is 3.32. The number of carbonyl (C=O) groups excluding carboxylic acids is 1. The number of hydrogen-bond donors (Lipinski definition) is 0. The number of aromatic nitrogens is 2. The fraction of sp³-hybridized carbons (Fsp3) is 0.550. The van der Waals surface area contributed by atoms with Gasteiger partial charge in [-0.3, -0.25) is 4.79 Å². The van der Waals surface area contributed by atoms with Gasteiger partial charge >= 0.3 is 0 Å². The maximum atomic E-state index is 13.1. The molecule has 1 aromatic carbocycles. The van der Waals surface area contributed by atoms with Crippen molar-refractivity contribution < 1.29 is 22.1 Å². The molecule has 1 aliphatic heterocycles. The molecular weight excluding hydrogens is 411 g/mol. The van der Waals surface area contributed by atoms with Gasteiger partial charge in [-0.25, -0.2) is 12.8 Å². The van der Waals surface area contributed by atoms with Crippen LogP contribution in [0.4, 0.5) is 4.39 Å². The van der Waals surface area contributed by atoms with Crippen LogP contribution in [-0.2, 0) is 27.7 Å². The van der Waals surface area contributed by atoms with E-state index in [4.69, 9.17) is 4.52 Å². The summed E-state index contributed by atoms with van der Waals surface area (Å²) < 4.78 is 45.3. The molecule has 0 saturated carbocycles. The fourth-order valence-corrected chi connectivity index (χ4v) is 5.07. The number of benzene rings is 1. The second-order valence-electron chi connectivity index (χ2n) is 7.92. The lowest BCUT2D eigenvalue weighted by Crippen LogP contribution is -2.42. The molecule has 2 aromatic rings. The molecule has 1 amide bonds. The lowest BCUT2D eigenvalue weighted by Gasteiger charge is -2.27. The lowest BCUT2D eigenvalue weighted by molar-refractivity contribution is -0.130. The number of sulfonamides is 1. The fourth-order valence-electron chi connectivity index (χ4n) is 3.58. The quantitative estimate of drug-likeness (QED) is 0.627. The molecule has 1 unspecified atom stereocenters. The van der Waals surface area contributed by atoms with Crippen LogP contribution in [0.3, 0.4) is 0 Å². The molecule has 30 heavy (non-hydrogen) atoms. The van der Waals surface area contributed by atoms with Crippen LogP contribution in [-0.4, -0.2) is 59.3 Å². The molecule has 1 fully saturated rings. The normalized spacial score (nSPS) is 17.6. The van der Waals surface area contributed by atoms with E-state index in [0.717, 1.165) is 12.1 Å². The van der Waals surface area contributed by atoms with Crippen molar-refractivity contribution in [3.8, 4) is 0 Å². The first-order chi connectivity index (χ1) is 14.2. The van der Waals surface area contributed by atoms with Crippen molar-refractivity contribution in [3.05, 3.63) is 41.8 Å². The molecule has 2 heterocycles. The van der Waals surface area contributed by atoms with E-state index in [1.165, 1.54) is 23.4 Å². The second kappa shape index (κ2) is 9.22. The summed E-state index contributed by atoms with van der Waals surface area (Å²) in [4.78, 5) is 18.3. The Hall–Kier alpha value is -2.33. The minimum Gasteiger partial charge on any atom is -0.339 e. The van der Waals surface area contributed by atoms with Crippen LogP contribution in [0, 0.1) is 11.7 Å². The van der Waals surface area contributed by atoms with E-state index in [-0.39, 0.29) is 23.4 Å². The minimum absolute atomic E-state index is 0.0448. The van der Waals surface area contributed by atoms with Gasteiger partial charge < -0.3 is 9.42 Å². The molecule has 3 rings (SSSR count). The average molecular weight is 439 g/mol. The third kappa shape index (κ3) is 5.23. The van der Waals surface area contributed by atoms with Gasteiger partial charge in [-0.1, -0.05) is 19.0 Å². The number of carbonyl (C=O) groups is 1. The van der Waals surface area contributed by atoms with E-state index >= 15 is 0 Å². The van der Waals surface area contributed by atoms with Crippen molar-refractivity contribution in [2.24, 2.45) is 5.92 Å². The van der Waals surface area contributed by atoms with Gasteiger partial charge in [0.1, 0.15) is 5.82 Å². The van der Waals surface area contributed by atoms with Crippen molar-refractivity contribution >= 4 is 15.9 Å². The largest absolute Gasteiger partial charge is 0.339 e. The Morgan fingerprint density at radius 3 is 2.67 bits per heavy atom. The molecule has 0 bridgehead atoms. The minimum atomic E-state index is -3.73. The second-order valence-corrected chi connectivity index (χ2v) is 9.86. The van der Waals surface area contributed by atoms with E-state index in [0.29, 0.717) is 50.0 Å². The summed E-state index contributed by atoms with van der Waals surface area (Å²) >= 11 is 0. The van der Waals surface area contributed by atoms with E-state index in [9.17, 15) is 17.6 Å². The Morgan fingerprint density at radius 2 is 2.03 bits per heavy atom. The monoisotopic (exact) mass is 438 g/mol. The molecule has 164 valence electrons. The molecule has 0 spiro atoms. The maximum absolute atomic E-state index is 13.1. The van der Waals surface area contributed by atoms with Gasteiger partial charge in [0.2, 0.25) is 21.8 Å². The molecule has 1 aliphatic rings. The highest BCUT2D eigenvalue weighted by molar-refractivity contribution is 7.89. The molecule has 1 saturated heterocycles. The van der Waals surface area contributed by atoms with Crippen LogP contribution in [0.2, 0.25) is 0 Å². The van der Waals surface area contributed by atoms with Gasteiger partial charge in [0.05, 0.1) is 4.90 Å². The predicted octanol–water partition coefficient (Wildman–Crippen LogP) is 2.26. The Balaban J connectivity index is 1.64. The van der Waals surface area contributed by atoms with Crippen molar-refractivity contribution in [1.29, 1.82) is 0 Å². The van der Waals surface area contributed by atoms with Gasteiger partial charge in [0.15, 0.2) is 5.82 Å². The molecule has 0 radical (unpaired) electrons. The van der Waals surface area contributed by atoms with E-state index in [1.807, 2.05) is 0 Å². The summed E-state index contributed by atoms with van der Waals surface area (Å²) in [5.74, 6) is 0.887. The van der Waals surface area contributed by atoms with Gasteiger partial charge in [-0.2, -0.15) is 9.29 Å². The van der Waals surface area contributed by atoms with E-state index in [1.54, 1.807) is 4.90 Å². The number of halogens is 1. The highest BCUT2D eigenvalue weighted by Crippen LogP contribution is 2.24. The van der Waals surface area contributed by atoms with Crippen LogP contribution in [0.5, 0.6) is 0 Å². The van der Waals surface area contributed by atoms with Crippen molar-refractivity contribution in [2.75, 3.05) is 19.6 Å². The van der Waals surface area contributed by atoms with Gasteiger partial charge in [0.25, 0.3) is 0 Å². The van der Waals surface area contributed by atoms with Crippen LogP contribution in [0.1, 0.15) is 38.9 Å². The zero-order valence-electron chi connectivity index (χ0n) is 17.4. The number of amides is 1. The summed E-state index contributed by atoms with van der Waals surface area (Å²) in [6, 6.07) is 4.53. The molecule has 8 nitrogen and oxygen atoms in total. The summed E-state index contributed by atoms with van der Waals surface area (Å²) in [6.07, 6.45) is 1.66. The first-order valence-corrected chi connectivity index (χ1v) is 11.4. The molecular formula is C20H27FN4O4S. The third-order valence-electron chi connectivity index (χ3n) is 5.09. The molecule has 10 heteroatoms. The standard InChI is InChI=1S/C20H27FN4O4S/c1-14(2)12-20-22-19(23-29-20)9-11-25(15(3)26)17-8-10-24(13-17)30(27,28)18-6-4-16(21)5-7-18/h4-7,14,17H,8-13H2,1-3H3. The zero-order valence-corrected chi connectivity index (χ0v) is 18.2. The van der Waals surface area contributed by atoms with Crippen LogP contribution in [0.25, 0.3) is 0 Å². The lowest BCUT2D eigenvalue weighted by atomic mass is 10.1. The van der Waals surface area contributed by atoms with Crippen molar-refractivity contribution in [2.45, 2.75) is 51.0 Å². The predicted molar refractivity (Wildman–Crippen MR) is 107 cm³/mol. The number of hydrogen-bond acceptors (Lipinski definition) is 6. The summed E-state index contributed by atoms with van der Waals surface area (Å²) in [6.45, 7) is 6.47. The van der Waals surface area contributed by atoms with Crippen LogP contribution in [0.15, 0.2) is 33.7 Å². The topological polar surface area (TPSA) is 96.6 Å². The summed E-state index contributed by atoms with van der Waals surface area (Å²) in [7, 11) is -3.73. The first kappa shape index (κ1) is 22.4. The van der Waals surface area contributed by atoms with Gasteiger partial charge in [0, 0.05) is 45.4 Å².